The van der Waals surface area contributed by atoms with Crippen LogP contribution in [0.4, 0.5) is 0 Å². The van der Waals surface area contributed by atoms with Crippen LogP contribution in [0.2, 0.25) is 0 Å². The third-order valence-corrected chi connectivity index (χ3v) is 4.39. The summed E-state index contributed by atoms with van der Waals surface area (Å²) in [6, 6.07) is 4.53. The van der Waals surface area contributed by atoms with E-state index < -0.39 is 0 Å². The minimum absolute atomic E-state index is 0.0725. The third kappa shape index (κ3) is 5.73. The van der Waals surface area contributed by atoms with E-state index in [1.165, 1.54) is 25.8 Å². The first-order valence-corrected chi connectivity index (χ1v) is 8.19. The highest BCUT2D eigenvalue weighted by molar-refractivity contribution is 5.77. The molecule has 0 aliphatic carbocycles. The number of rotatable bonds is 7. The largest absolute Gasteiger partial charge is 0.351 e. The first-order valence-electron chi connectivity index (χ1n) is 8.19. The molecule has 5 nitrogen and oxygen atoms in total. The molecular formula is C17H28N4O. The lowest BCUT2D eigenvalue weighted by atomic mass is 10.00. The van der Waals surface area contributed by atoms with Gasteiger partial charge >= 0.3 is 0 Å². The van der Waals surface area contributed by atoms with E-state index in [4.69, 9.17) is 0 Å². The van der Waals surface area contributed by atoms with Crippen LogP contribution in [0.25, 0.3) is 0 Å². The molecule has 1 aliphatic rings. The number of hydrogen-bond acceptors (Lipinski definition) is 4. The summed E-state index contributed by atoms with van der Waals surface area (Å²) in [4.78, 5) is 20.6. The van der Waals surface area contributed by atoms with E-state index >= 15 is 0 Å². The Kier molecular flexibility index (Phi) is 6.80. The van der Waals surface area contributed by atoms with Crippen LogP contribution in [0.1, 0.15) is 31.2 Å². The number of nitrogens with one attached hydrogen (secondary N) is 1. The smallest absolute Gasteiger partial charge is 0.234 e. The average molecular weight is 304 g/mol. The SMILES string of the molecule is CN(CCC1CCCCN1C)CC(=O)NCc1cccnc1. The Bertz CT molecular complexity index is 451. The number of piperidine rings is 1. The zero-order chi connectivity index (χ0) is 15.8. The number of likely N-dealkylation sites (N-methyl/N-ethyl adjacent to an activating group) is 1. The number of likely N-dealkylation sites (tertiary alicyclic amines) is 1. The molecule has 1 aliphatic heterocycles. The predicted molar refractivity (Wildman–Crippen MR) is 88.5 cm³/mol. The second kappa shape index (κ2) is 8.86. The number of aromatic nitrogens is 1. The number of carbonyl (C=O) groups excluding carboxylic acids is 1. The average Bonchev–Trinajstić information content (AvgIpc) is 2.53. The molecule has 22 heavy (non-hydrogen) atoms. The summed E-state index contributed by atoms with van der Waals surface area (Å²) in [7, 11) is 4.23. The third-order valence-electron chi connectivity index (χ3n) is 4.39. The molecule has 0 spiro atoms. The molecule has 1 aromatic rings. The molecule has 1 unspecified atom stereocenters. The minimum Gasteiger partial charge on any atom is -0.351 e. The monoisotopic (exact) mass is 304 g/mol. The lowest BCUT2D eigenvalue weighted by Gasteiger charge is -2.33. The maximum Gasteiger partial charge on any atom is 0.234 e. The number of nitrogens with zero attached hydrogens (tertiary/aromatic N) is 3. The Morgan fingerprint density at radius 2 is 2.36 bits per heavy atom. The standard InChI is InChI=1S/C17H28N4O/c1-20(11-8-16-7-3-4-10-21(16)2)14-17(22)19-13-15-6-5-9-18-12-15/h5-6,9,12,16H,3-4,7-8,10-11,13-14H2,1-2H3,(H,19,22). The van der Waals surface area contributed by atoms with Gasteiger partial charge in [0.25, 0.3) is 0 Å². The quantitative estimate of drug-likeness (QED) is 0.829. The zero-order valence-electron chi connectivity index (χ0n) is 13.8. The molecular weight excluding hydrogens is 276 g/mol. The Hall–Kier alpha value is -1.46. The van der Waals surface area contributed by atoms with Gasteiger partial charge in [0, 0.05) is 25.0 Å². The van der Waals surface area contributed by atoms with Crippen LogP contribution in [0.5, 0.6) is 0 Å². The summed E-state index contributed by atoms with van der Waals surface area (Å²) in [5.41, 5.74) is 1.03. The first kappa shape index (κ1) is 16.9. The Labute approximate surface area is 133 Å². The number of carbonyl (C=O) groups is 1. The van der Waals surface area contributed by atoms with Gasteiger partial charge < -0.3 is 10.2 Å². The van der Waals surface area contributed by atoms with Crippen molar-refractivity contribution in [1.82, 2.24) is 20.1 Å². The normalized spacial score (nSPS) is 19.3. The van der Waals surface area contributed by atoms with Crippen LogP contribution in [0.3, 0.4) is 0 Å². The lowest BCUT2D eigenvalue weighted by molar-refractivity contribution is -0.122. The molecule has 2 heterocycles. The Morgan fingerprint density at radius 3 is 3.09 bits per heavy atom. The van der Waals surface area contributed by atoms with Gasteiger partial charge in [0.05, 0.1) is 6.54 Å². The van der Waals surface area contributed by atoms with Crippen molar-refractivity contribution in [2.45, 2.75) is 38.3 Å². The highest BCUT2D eigenvalue weighted by Crippen LogP contribution is 2.17. The number of pyridine rings is 1. The van der Waals surface area contributed by atoms with Gasteiger partial charge in [-0.1, -0.05) is 12.5 Å². The molecule has 2 rings (SSSR count). The molecule has 0 radical (unpaired) electrons. The Balaban J connectivity index is 1.63. The summed E-state index contributed by atoms with van der Waals surface area (Å²) in [5.74, 6) is 0.0725. The fourth-order valence-corrected chi connectivity index (χ4v) is 2.96. The second-order valence-corrected chi connectivity index (χ2v) is 6.29. The second-order valence-electron chi connectivity index (χ2n) is 6.29. The molecule has 0 aromatic carbocycles. The van der Waals surface area contributed by atoms with E-state index in [0.29, 0.717) is 19.1 Å². The van der Waals surface area contributed by atoms with Crippen molar-refractivity contribution >= 4 is 5.91 Å². The van der Waals surface area contributed by atoms with Crippen LogP contribution >= 0.6 is 0 Å². The summed E-state index contributed by atoms with van der Waals surface area (Å²) < 4.78 is 0. The van der Waals surface area contributed by atoms with Crippen molar-refractivity contribution in [3.63, 3.8) is 0 Å². The van der Waals surface area contributed by atoms with Gasteiger partial charge in [-0.25, -0.2) is 0 Å². The molecule has 122 valence electrons. The summed E-state index contributed by atoms with van der Waals surface area (Å²) >= 11 is 0. The van der Waals surface area contributed by atoms with Gasteiger partial charge in [-0.3, -0.25) is 14.7 Å². The van der Waals surface area contributed by atoms with E-state index in [0.717, 1.165) is 18.5 Å². The van der Waals surface area contributed by atoms with Crippen LogP contribution in [-0.2, 0) is 11.3 Å². The topological polar surface area (TPSA) is 48.5 Å². The van der Waals surface area contributed by atoms with Gasteiger partial charge in [-0.2, -0.15) is 0 Å². The molecule has 1 N–H and O–H groups in total. The highest BCUT2D eigenvalue weighted by Gasteiger charge is 2.19. The number of amides is 1. The van der Waals surface area contributed by atoms with Crippen LogP contribution in [0.15, 0.2) is 24.5 Å². The van der Waals surface area contributed by atoms with E-state index in [1.807, 2.05) is 19.2 Å². The highest BCUT2D eigenvalue weighted by atomic mass is 16.2. The zero-order valence-corrected chi connectivity index (χ0v) is 13.8. The van der Waals surface area contributed by atoms with Crippen molar-refractivity contribution in [1.29, 1.82) is 0 Å². The van der Waals surface area contributed by atoms with E-state index in [2.05, 4.69) is 27.1 Å². The van der Waals surface area contributed by atoms with Crippen molar-refractivity contribution < 1.29 is 4.79 Å². The molecule has 0 saturated carbocycles. The number of hydrogen-bond donors (Lipinski definition) is 1. The van der Waals surface area contributed by atoms with Crippen LogP contribution < -0.4 is 5.32 Å². The summed E-state index contributed by atoms with van der Waals surface area (Å²) in [5, 5.41) is 2.95. The maximum absolute atomic E-state index is 12.0. The fraction of sp³-hybridized carbons (Fsp3) is 0.647. The lowest BCUT2D eigenvalue weighted by Crippen LogP contribution is -2.40. The van der Waals surface area contributed by atoms with Crippen LogP contribution in [0, 0.1) is 0 Å². The van der Waals surface area contributed by atoms with Crippen molar-refractivity contribution in [3.8, 4) is 0 Å². The van der Waals surface area contributed by atoms with Gasteiger partial charge in [0.2, 0.25) is 5.91 Å². The van der Waals surface area contributed by atoms with E-state index in [9.17, 15) is 4.79 Å². The van der Waals surface area contributed by atoms with Gasteiger partial charge in [-0.05, 0) is 58.1 Å². The predicted octanol–water partition coefficient (Wildman–Crippen LogP) is 1.50. The maximum atomic E-state index is 12.0. The molecule has 0 bridgehead atoms. The molecule has 1 amide bonds. The van der Waals surface area contributed by atoms with Crippen LogP contribution in [-0.4, -0.2) is 60.5 Å². The van der Waals surface area contributed by atoms with Crippen molar-refractivity contribution in [2.24, 2.45) is 0 Å². The van der Waals surface area contributed by atoms with Crippen molar-refractivity contribution in [3.05, 3.63) is 30.1 Å². The fourth-order valence-electron chi connectivity index (χ4n) is 2.96. The minimum atomic E-state index is 0.0725. The molecule has 1 atom stereocenters. The van der Waals surface area contributed by atoms with E-state index in [-0.39, 0.29) is 5.91 Å². The first-order chi connectivity index (χ1) is 10.6. The molecule has 5 heteroatoms. The van der Waals surface area contributed by atoms with Gasteiger partial charge in [0.1, 0.15) is 0 Å². The van der Waals surface area contributed by atoms with Gasteiger partial charge in [0.15, 0.2) is 0 Å². The van der Waals surface area contributed by atoms with Gasteiger partial charge in [-0.15, -0.1) is 0 Å². The van der Waals surface area contributed by atoms with Crippen molar-refractivity contribution in [2.75, 3.05) is 33.7 Å². The summed E-state index contributed by atoms with van der Waals surface area (Å²) in [6.45, 7) is 3.18. The van der Waals surface area contributed by atoms with E-state index in [1.54, 1.807) is 12.4 Å². The Morgan fingerprint density at radius 1 is 1.50 bits per heavy atom. The molecule has 1 fully saturated rings. The molecule has 1 aromatic heterocycles. The summed E-state index contributed by atoms with van der Waals surface area (Å²) in [6.07, 6.45) is 8.61. The molecule has 1 saturated heterocycles.